The lowest BCUT2D eigenvalue weighted by atomic mass is 9.87. The minimum absolute atomic E-state index is 0.318. The van der Waals surface area contributed by atoms with Gasteiger partial charge in [0.15, 0.2) is 11.5 Å². The summed E-state index contributed by atoms with van der Waals surface area (Å²) in [5.74, 6) is 0.233. The van der Waals surface area contributed by atoms with Gasteiger partial charge in [0.05, 0.1) is 14.2 Å². The molecule has 1 spiro atoms. The number of carbonyl (C=O) groups excluding carboxylic acids is 3. The summed E-state index contributed by atoms with van der Waals surface area (Å²) in [7, 11) is 3.03. The fourth-order valence-electron chi connectivity index (χ4n) is 3.89. The number of methoxy groups -OCH3 is 2. The molecule has 0 aliphatic carbocycles. The number of benzene rings is 1. The first-order valence-corrected chi connectivity index (χ1v) is 9.81. The molecule has 0 atom stereocenters. The highest BCUT2D eigenvalue weighted by atomic mass is 16.5. The van der Waals surface area contributed by atoms with Crippen LogP contribution >= 0.6 is 0 Å². The smallest absolute Gasteiger partial charge is 0.325 e. The molecule has 2 saturated heterocycles. The number of rotatable bonds is 7. The van der Waals surface area contributed by atoms with Crippen molar-refractivity contribution >= 4 is 23.5 Å². The van der Waals surface area contributed by atoms with E-state index in [0.29, 0.717) is 30.0 Å². The molecule has 2 fully saturated rings. The van der Waals surface area contributed by atoms with Crippen molar-refractivity contribution in [3.63, 3.8) is 0 Å². The van der Waals surface area contributed by atoms with Gasteiger partial charge in [-0.1, -0.05) is 6.92 Å². The van der Waals surface area contributed by atoms with E-state index in [1.54, 1.807) is 18.2 Å². The van der Waals surface area contributed by atoms with Gasteiger partial charge in [0.2, 0.25) is 5.91 Å². The fourth-order valence-corrected chi connectivity index (χ4v) is 3.89. The topological polar surface area (TPSA) is 100 Å². The van der Waals surface area contributed by atoms with Crippen LogP contribution in [0.15, 0.2) is 18.2 Å². The number of carbonyl (C=O) groups is 3. The van der Waals surface area contributed by atoms with E-state index in [4.69, 9.17) is 9.47 Å². The van der Waals surface area contributed by atoms with E-state index in [-0.39, 0.29) is 12.5 Å². The molecule has 2 aliphatic heterocycles. The van der Waals surface area contributed by atoms with Crippen LogP contribution in [0.5, 0.6) is 11.5 Å². The van der Waals surface area contributed by atoms with Crippen molar-refractivity contribution in [2.24, 2.45) is 0 Å². The van der Waals surface area contributed by atoms with Crippen molar-refractivity contribution in [1.29, 1.82) is 0 Å². The van der Waals surface area contributed by atoms with E-state index >= 15 is 0 Å². The second kappa shape index (κ2) is 8.69. The zero-order valence-corrected chi connectivity index (χ0v) is 17.1. The number of ether oxygens (including phenoxy) is 2. The molecule has 158 valence electrons. The van der Waals surface area contributed by atoms with E-state index in [2.05, 4.69) is 22.5 Å². The predicted octanol–water partition coefficient (Wildman–Crippen LogP) is 1.44. The lowest BCUT2D eigenvalue weighted by molar-refractivity contribution is -0.135. The van der Waals surface area contributed by atoms with Crippen LogP contribution in [0.4, 0.5) is 10.5 Å². The molecule has 1 aromatic rings. The summed E-state index contributed by atoms with van der Waals surface area (Å²) < 4.78 is 10.4. The van der Waals surface area contributed by atoms with Crippen LogP contribution < -0.4 is 20.1 Å². The van der Waals surface area contributed by atoms with E-state index in [9.17, 15) is 14.4 Å². The molecule has 4 amide bonds. The molecule has 0 aromatic heterocycles. The number of piperidine rings is 1. The standard InChI is InChI=1S/C20H28N4O5/c1-4-9-23-10-7-20(8-11-23)18(26)24(19(27)22-20)13-17(25)21-14-5-6-15(28-2)16(12-14)29-3/h5-6,12H,4,7-11,13H2,1-3H3,(H,21,25)(H,22,27). The molecule has 2 aliphatic rings. The molecule has 2 N–H and O–H groups in total. The molecular formula is C20H28N4O5. The summed E-state index contributed by atoms with van der Waals surface area (Å²) >= 11 is 0. The molecule has 0 saturated carbocycles. The maximum absolute atomic E-state index is 12.9. The van der Waals surface area contributed by atoms with Gasteiger partial charge in [0.1, 0.15) is 12.1 Å². The van der Waals surface area contributed by atoms with Crippen molar-refractivity contribution < 1.29 is 23.9 Å². The van der Waals surface area contributed by atoms with Crippen molar-refractivity contribution in [2.75, 3.05) is 45.7 Å². The van der Waals surface area contributed by atoms with Crippen LogP contribution in [0.25, 0.3) is 0 Å². The molecule has 1 aromatic carbocycles. The van der Waals surface area contributed by atoms with Gasteiger partial charge < -0.3 is 25.0 Å². The second-order valence-electron chi connectivity index (χ2n) is 7.36. The Morgan fingerprint density at radius 2 is 1.86 bits per heavy atom. The summed E-state index contributed by atoms with van der Waals surface area (Å²) in [6.07, 6.45) is 2.17. The van der Waals surface area contributed by atoms with E-state index in [0.717, 1.165) is 31.0 Å². The highest BCUT2D eigenvalue weighted by Gasteiger charge is 2.52. The Morgan fingerprint density at radius 1 is 1.17 bits per heavy atom. The second-order valence-corrected chi connectivity index (χ2v) is 7.36. The molecule has 3 rings (SSSR count). The van der Waals surface area contributed by atoms with Gasteiger partial charge in [-0.15, -0.1) is 0 Å². The Kier molecular flexibility index (Phi) is 6.26. The first kappa shape index (κ1) is 20.9. The number of hydrogen-bond donors (Lipinski definition) is 2. The molecule has 0 radical (unpaired) electrons. The van der Waals surface area contributed by atoms with Crippen LogP contribution in [0, 0.1) is 0 Å². The average molecular weight is 404 g/mol. The number of imide groups is 1. The molecule has 0 bridgehead atoms. The number of nitrogens with one attached hydrogen (secondary N) is 2. The lowest BCUT2D eigenvalue weighted by Crippen LogP contribution is -2.55. The van der Waals surface area contributed by atoms with Gasteiger partial charge in [0, 0.05) is 24.8 Å². The number of nitrogens with zero attached hydrogens (tertiary/aromatic N) is 2. The first-order chi connectivity index (χ1) is 13.9. The molecule has 2 heterocycles. The average Bonchev–Trinajstić information content (AvgIpc) is 2.94. The molecule has 9 nitrogen and oxygen atoms in total. The number of anilines is 1. The SMILES string of the molecule is CCCN1CCC2(CC1)NC(=O)N(CC(=O)Nc1ccc(OC)c(OC)c1)C2=O. The van der Waals surface area contributed by atoms with E-state index in [1.807, 2.05) is 0 Å². The molecule has 0 unspecified atom stereocenters. The first-order valence-electron chi connectivity index (χ1n) is 9.81. The van der Waals surface area contributed by atoms with E-state index < -0.39 is 17.5 Å². The van der Waals surface area contributed by atoms with Gasteiger partial charge >= 0.3 is 6.03 Å². The van der Waals surface area contributed by atoms with Crippen molar-refractivity contribution in [3.8, 4) is 11.5 Å². The third-order valence-electron chi connectivity index (χ3n) is 5.46. The molecule has 9 heteroatoms. The van der Waals surface area contributed by atoms with Crippen LogP contribution in [-0.4, -0.2) is 73.6 Å². The third kappa shape index (κ3) is 4.29. The highest BCUT2D eigenvalue weighted by Crippen LogP contribution is 2.31. The minimum Gasteiger partial charge on any atom is -0.493 e. The van der Waals surface area contributed by atoms with Crippen molar-refractivity contribution in [3.05, 3.63) is 18.2 Å². The third-order valence-corrected chi connectivity index (χ3v) is 5.46. The monoisotopic (exact) mass is 404 g/mol. The zero-order valence-electron chi connectivity index (χ0n) is 17.1. The largest absolute Gasteiger partial charge is 0.493 e. The number of amides is 4. The maximum atomic E-state index is 12.9. The van der Waals surface area contributed by atoms with Crippen LogP contribution in [0.1, 0.15) is 26.2 Å². The van der Waals surface area contributed by atoms with Gasteiger partial charge in [-0.3, -0.25) is 14.5 Å². The number of urea groups is 1. The Morgan fingerprint density at radius 3 is 2.48 bits per heavy atom. The van der Waals surface area contributed by atoms with E-state index in [1.165, 1.54) is 14.2 Å². The summed E-state index contributed by atoms with van der Waals surface area (Å²) in [6, 6.07) is 4.44. The summed E-state index contributed by atoms with van der Waals surface area (Å²) in [6.45, 7) is 4.28. The molecular weight excluding hydrogens is 376 g/mol. The Balaban J connectivity index is 1.62. The van der Waals surface area contributed by atoms with Gasteiger partial charge in [0.25, 0.3) is 5.91 Å². The van der Waals surface area contributed by atoms with Gasteiger partial charge in [-0.05, 0) is 37.9 Å². The predicted molar refractivity (Wildman–Crippen MR) is 107 cm³/mol. The van der Waals surface area contributed by atoms with Crippen LogP contribution in [0.2, 0.25) is 0 Å². The summed E-state index contributed by atoms with van der Waals surface area (Å²) in [4.78, 5) is 41.1. The Hall–Kier alpha value is -2.81. The Labute approximate surface area is 170 Å². The quantitative estimate of drug-likeness (QED) is 0.667. The number of hydrogen-bond acceptors (Lipinski definition) is 6. The van der Waals surface area contributed by atoms with Crippen molar-refractivity contribution in [1.82, 2.24) is 15.1 Å². The van der Waals surface area contributed by atoms with Gasteiger partial charge in [-0.25, -0.2) is 4.79 Å². The lowest BCUT2D eigenvalue weighted by Gasteiger charge is -2.37. The maximum Gasteiger partial charge on any atom is 0.325 e. The summed E-state index contributed by atoms with van der Waals surface area (Å²) in [5, 5.41) is 5.52. The van der Waals surface area contributed by atoms with Crippen LogP contribution in [0.3, 0.4) is 0 Å². The van der Waals surface area contributed by atoms with Crippen LogP contribution in [-0.2, 0) is 9.59 Å². The zero-order chi connectivity index (χ0) is 21.0. The minimum atomic E-state index is -0.884. The summed E-state index contributed by atoms with van der Waals surface area (Å²) in [5.41, 5.74) is -0.396. The normalized spacial score (nSPS) is 18.7. The highest BCUT2D eigenvalue weighted by molar-refractivity contribution is 6.10. The number of likely N-dealkylation sites (tertiary alicyclic amines) is 1. The van der Waals surface area contributed by atoms with Gasteiger partial charge in [-0.2, -0.15) is 0 Å². The molecule has 29 heavy (non-hydrogen) atoms. The van der Waals surface area contributed by atoms with Crippen molar-refractivity contribution in [2.45, 2.75) is 31.7 Å². The fraction of sp³-hybridized carbons (Fsp3) is 0.550. The Bertz CT molecular complexity index is 789.